The van der Waals surface area contributed by atoms with Gasteiger partial charge in [-0.05, 0) is 60.0 Å². The minimum absolute atomic E-state index is 0.0115. The number of hydrogen-bond acceptors (Lipinski definition) is 10. The van der Waals surface area contributed by atoms with E-state index in [2.05, 4.69) is 36.4 Å². The summed E-state index contributed by atoms with van der Waals surface area (Å²) in [7, 11) is -0.632. The van der Waals surface area contributed by atoms with Crippen LogP contribution in [0.5, 0.6) is 0 Å². The highest BCUT2D eigenvalue weighted by atomic mass is 32.1. The third-order valence-corrected chi connectivity index (χ3v) is 13.4. The Kier molecular flexibility index (Phi) is 10.5. The molecule has 54 heavy (non-hydrogen) atoms. The molecule has 8 atom stereocenters. The highest BCUT2D eigenvalue weighted by Crippen LogP contribution is 2.65. The van der Waals surface area contributed by atoms with Crippen molar-refractivity contribution in [3.05, 3.63) is 52.0 Å². The van der Waals surface area contributed by atoms with Crippen LogP contribution in [0.1, 0.15) is 96.6 Å². The highest BCUT2D eigenvalue weighted by Gasteiger charge is 2.68. The van der Waals surface area contributed by atoms with Gasteiger partial charge in [0.25, 0.3) is 0 Å². The summed E-state index contributed by atoms with van der Waals surface area (Å²) in [4.78, 5) is 63.4. The fraction of sp³-hybridized carbons (Fsp3) is 0.667. The van der Waals surface area contributed by atoms with Crippen molar-refractivity contribution in [2.24, 2.45) is 22.7 Å². The molecule has 2 unspecified atom stereocenters. The van der Waals surface area contributed by atoms with Crippen LogP contribution in [0.4, 0.5) is 9.59 Å². The van der Waals surface area contributed by atoms with Crippen molar-refractivity contribution < 1.29 is 38.0 Å². The number of carbonyl (C=O) groups is 4. The number of alkyl carbamates (subject to hydrolysis) is 1. The largest absolute Gasteiger partial charge is 0.481 e. The maximum Gasteiger partial charge on any atom is 0.481 e. The van der Waals surface area contributed by atoms with Gasteiger partial charge in [0.05, 0.1) is 34.6 Å². The lowest BCUT2D eigenvalue weighted by Crippen LogP contribution is -2.65. The Labute approximate surface area is 322 Å². The number of fused-ring (bicyclic) bond motifs is 1. The smallest absolute Gasteiger partial charge is 0.444 e. The summed E-state index contributed by atoms with van der Waals surface area (Å²) in [5.41, 5.74) is 2.74. The van der Waals surface area contributed by atoms with Crippen molar-refractivity contribution in [2.75, 3.05) is 6.54 Å². The summed E-state index contributed by atoms with van der Waals surface area (Å²) < 4.78 is 24.8. The Bertz CT molecular complexity index is 1710. The number of ether oxygens (including phenoxy) is 2. The summed E-state index contributed by atoms with van der Waals surface area (Å²) in [6.45, 7) is 15.2. The Morgan fingerprint density at radius 3 is 2.43 bits per heavy atom. The lowest BCUT2D eigenvalue weighted by Gasteiger charge is -2.64. The number of likely N-dealkylation sites (tertiary alicyclic amines) is 1. The predicted octanol–water partition coefficient (Wildman–Crippen LogP) is 5.46. The Hall–Kier alpha value is -3.69. The van der Waals surface area contributed by atoms with Crippen molar-refractivity contribution in [1.29, 1.82) is 0 Å². The minimum Gasteiger partial charge on any atom is -0.444 e. The van der Waals surface area contributed by atoms with E-state index in [0.29, 0.717) is 31.3 Å². The molecule has 4 amide bonds. The van der Waals surface area contributed by atoms with Crippen LogP contribution in [0.15, 0.2) is 36.0 Å². The molecule has 292 valence electrons. The first-order valence-corrected chi connectivity index (χ1v) is 20.2. The maximum absolute atomic E-state index is 14.6. The molecular weight excluding hydrogens is 709 g/mol. The number of thiazole rings is 1. The van der Waals surface area contributed by atoms with Crippen molar-refractivity contribution in [3.63, 3.8) is 0 Å². The Morgan fingerprint density at radius 2 is 1.80 bits per heavy atom. The maximum atomic E-state index is 14.6. The molecule has 1 aromatic carbocycles. The Morgan fingerprint density at radius 1 is 1.07 bits per heavy atom. The first kappa shape index (κ1) is 38.6. The van der Waals surface area contributed by atoms with E-state index < -0.39 is 60.4 Å². The van der Waals surface area contributed by atoms with E-state index in [1.165, 1.54) is 16.2 Å². The first-order chi connectivity index (χ1) is 25.6. The average Bonchev–Trinajstić information content (AvgIpc) is 3.93. The van der Waals surface area contributed by atoms with Crippen molar-refractivity contribution in [3.8, 4) is 0 Å². The standard InChI is InChI=1S/C39H54BN5O8S/c1-8-11-31(40-52-30-15-25-14-29(38(25,5)6)39(30,7)53-40)42-33(46)28-16-26(51-36(49)44-18-23-12-9-10-13-24(23)19-44)20-45(28)34(47)32(37(2,3)4)43-35(48)50-21-27-17-41-22-54-27/h9-10,12-13,17,22,25-26,28-32H,8,11,14-16,18-21H2,1-7H3,(H,42,46)(H,43,48)/t25-,26+,28-,29-,30?,31-,32+,39?/m0/s1. The number of hydrogen-bond donors (Lipinski definition) is 2. The van der Waals surface area contributed by atoms with Crippen molar-refractivity contribution in [1.82, 2.24) is 25.4 Å². The van der Waals surface area contributed by atoms with Gasteiger partial charge >= 0.3 is 19.3 Å². The van der Waals surface area contributed by atoms with Crippen LogP contribution in [0.3, 0.4) is 0 Å². The van der Waals surface area contributed by atoms with Gasteiger partial charge in [-0.3, -0.25) is 19.5 Å². The molecule has 2 bridgehead atoms. The minimum atomic E-state index is -1.05. The number of benzene rings is 1. The van der Waals surface area contributed by atoms with Crippen LogP contribution in [0.25, 0.3) is 0 Å². The van der Waals surface area contributed by atoms with Crippen LogP contribution in [-0.4, -0.2) is 88.3 Å². The summed E-state index contributed by atoms with van der Waals surface area (Å²) in [6, 6.07) is 5.84. The molecule has 4 heterocycles. The number of amides is 4. The van der Waals surface area contributed by atoms with Crippen LogP contribution >= 0.6 is 11.3 Å². The molecule has 2 aromatic rings. The predicted molar refractivity (Wildman–Crippen MR) is 202 cm³/mol. The van der Waals surface area contributed by atoms with E-state index in [0.717, 1.165) is 35.3 Å². The van der Waals surface area contributed by atoms with Crippen LogP contribution < -0.4 is 10.6 Å². The monoisotopic (exact) mass is 763 g/mol. The summed E-state index contributed by atoms with van der Waals surface area (Å²) in [6.07, 6.45) is 3.09. The fourth-order valence-electron chi connectivity index (χ4n) is 9.42. The molecular formula is C39H54BN5O8S. The van der Waals surface area contributed by atoms with Gasteiger partial charge in [0.1, 0.15) is 24.8 Å². The molecule has 2 N–H and O–H groups in total. The lowest BCUT2D eigenvalue weighted by atomic mass is 9.43. The lowest BCUT2D eigenvalue weighted by molar-refractivity contribution is -0.199. The number of aromatic nitrogens is 1. The number of rotatable bonds is 10. The average molecular weight is 764 g/mol. The summed E-state index contributed by atoms with van der Waals surface area (Å²) in [5, 5.41) is 5.97. The molecule has 5 fully saturated rings. The SMILES string of the molecule is CCC[C@H](NC(=O)[C@@H]1C[C@@H](OC(=O)N2Cc3ccccc3C2)CN1C(=O)[C@@H](NC(=O)OCc1cncs1)C(C)(C)C)B1OC2C[C@@H]3C[C@H](C2(C)O1)C3(C)C. The Balaban J connectivity index is 1.08. The van der Waals surface area contributed by atoms with Gasteiger partial charge in [-0.2, -0.15) is 0 Å². The van der Waals surface area contributed by atoms with Gasteiger partial charge < -0.3 is 34.3 Å². The quantitative estimate of drug-likeness (QED) is 0.301. The third-order valence-electron chi connectivity index (χ3n) is 12.6. The third kappa shape index (κ3) is 7.35. The van der Waals surface area contributed by atoms with Gasteiger partial charge in [0.15, 0.2) is 0 Å². The molecule has 1 aromatic heterocycles. The number of nitrogens with zero attached hydrogens (tertiary/aromatic N) is 3. The molecule has 8 rings (SSSR count). The molecule has 15 heteroatoms. The first-order valence-electron chi connectivity index (χ1n) is 19.4. The van der Waals surface area contributed by atoms with E-state index in [1.54, 1.807) is 16.6 Å². The van der Waals surface area contributed by atoms with Gasteiger partial charge in [-0.1, -0.05) is 72.2 Å². The second-order valence-corrected chi connectivity index (χ2v) is 18.6. The van der Waals surface area contributed by atoms with E-state index in [9.17, 15) is 19.2 Å². The second kappa shape index (κ2) is 14.8. The number of carbonyl (C=O) groups excluding carboxylic acids is 4. The summed E-state index contributed by atoms with van der Waals surface area (Å²) >= 11 is 1.36. The van der Waals surface area contributed by atoms with Crippen LogP contribution in [0.2, 0.25) is 0 Å². The zero-order valence-corrected chi connectivity index (χ0v) is 33.3. The van der Waals surface area contributed by atoms with E-state index in [-0.39, 0.29) is 37.0 Å². The highest BCUT2D eigenvalue weighted by molar-refractivity contribution is 7.09. The molecule has 3 aliphatic carbocycles. The second-order valence-electron chi connectivity index (χ2n) is 17.6. The molecule has 13 nitrogen and oxygen atoms in total. The van der Waals surface area contributed by atoms with Gasteiger partial charge in [0, 0.05) is 25.7 Å². The van der Waals surface area contributed by atoms with Crippen molar-refractivity contribution in [2.45, 2.75) is 136 Å². The van der Waals surface area contributed by atoms with E-state index in [1.807, 2.05) is 52.0 Å². The van der Waals surface area contributed by atoms with Gasteiger partial charge in [-0.25, -0.2) is 9.59 Å². The van der Waals surface area contributed by atoms with Crippen LogP contribution in [-0.2, 0) is 48.1 Å². The molecule has 3 saturated carbocycles. The number of nitrogens with one attached hydrogen (secondary N) is 2. The van der Waals surface area contributed by atoms with Gasteiger partial charge in [-0.15, -0.1) is 11.3 Å². The van der Waals surface area contributed by atoms with Gasteiger partial charge in [0.2, 0.25) is 11.8 Å². The zero-order valence-electron chi connectivity index (χ0n) is 32.5. The van der Waals surface area contributed by atoms with E-state index in [4.69, 9.17) is 18.8 Å². The normalized spacial score (nSPS) is 29.1. The fourth-order valence-corrected chi connectivity index (χ4v) is 9.92. The molecule has 0 spiro atoms. The van der Waals surface area contributed by atoms with E-state index >= 15 is 0 Å². The molecule has 3 aliphatic heterocycles. The topological polar surface area (TPSA) is 149 Å². The van der Waals surface area contributed by atoms with Crippen molar-refractivity contribution >= 4 is 42.5 Å². The molecule has 0 radical (unpaired) electrons. The summed E-state index contributed by atoms with van der Waals surface area (Å²) in [5.74, 6) is -0.347. The zero-order chi connectivity index (χ0) is 38.6. The van der Waals surface area contributed by atoms with Crippen LogP contribution in [0, 0.1) is 22.7 Å². The molecule has 2 saturated heterocycles. The molecule has 6 aliphatic rings.